The van der Waals surface area contributed by atoms with E-state index in [-0.39, 0.29) is 10.9 Å². The molecule has 0 amide bonds. The van der Waals surface area contributed by atoms with E-state index in [1.54, 1.807) is 16.4 Å². The summed E-state index contributed by atoms with van der Waals surface area (Å²) >= 11 is 0. The Morgan fingerprint density at radius 3 is 2.70 bits per heavy atom. The minimum absolute atomic E-state index is 0.0599. The van der Waals surface area contributed by atoms with Crippen molar-refractivity contribution in [3.8, 4) is 0 Å². The maximum absolute atomic E-state index is 12.7. The highest BCUT2D eigenvalue weighted by Crippen LogP contribution is 2.27. The van der Waals surface area contributed by atoms with Gasteiger partial charge in [-0.25, -0.2) is 13.4 Å². The Balaban J connectivity index is 2.24. The molecule has 1 fully saturated rings. The van der Waals surface area contributed by atoms with Gasteiger partial charge in [0, 0.05) is 25.3 Å². The van der Waals surface area contributed by atoms with E-state index in [9.17, 15) is 8.42 Å². The van der Waals surface area contributed by atoms with E-state index in [4.69, 9.17) is 0 Å². The van der Waals surface area contributed by atoms with Gasteiger partial charge in [-0.15, -0.1) is 0 Å². The van der Waals surface area contributed by atoms with Crippen molar-refractivity contribution in [1.29, 1.82) is 0 Å². The summed E-state index contributed by atoms with van der Waals surface area (Å²) in [5, 5.41) is 3.06. The van der Waals surface area contributed by atoms with Crippen LogP contribution in [0, 0.1) is 5.92 Å². The van der Waals surface area contributed by atoms with Crippen LogP contribution in [0.2, 0.25) is 0 Å². The lowest BCUT2D eigenvalue weighted by Crippen LogP contribution is -2.44. The highest BCUT2D eigenvalue weighted by Gasteiger charge is 2.33. The van der Waals surface area contributed by atoms with Gasteiger partial charge in [0.15, 0.2) is 0 Å². The molecule has 2 rings (SSSR count). The molecule has 0 aliphatic carbocycles. The number of aromatic nitrogens is 1. The number of hydrogen-bond donors (Lipinski definition) is 1. The normalized spacial score (nSPS) is 24.6. The fraction of sp³-hybridized carbons (Fsp3) is 0.643. The predicted molar refractivity (Wildman–Crippen MR) is 80.2 cm³/mol. The number of rotatable bonds is 4. The molecule has 1 aliphatic rings. The minimum Gasteiger partial charge on any atom is -0.370 e. The lowest BCUT2D eigenvalue weighted by atomic mass is 9.97. The third kappa shape index (κ3) is 3.12. The molecule has 0 bridgehead atoms. The van der Waals surface area contributed by atoms with Crippen molar-refractivity contribution in [2.75, 3.05) is 18.4 Å². The molecule has 0 saturated carbocycles. The molecule has 0 aromatic carbocycles. The molecule has 2 heterocycles. The number of pyridine rings is 1. The first-order chi connectivity index (χ1) is 9.45. The maximum Gasteiger partial charge on any atom is 0.244 e. The first-order valence-corrected chi connectivity index (χ1v) is 8.61. The molecule has 20 heavy (non-hydrogen) atoms. The molecule has 1 aliphatic heterocycles. The number of sulfonamides is 1. The Hall–Kier alpha value is -1.14. The molecule has 0 radical (unpaired) electrons. The summed E-state index contributed by atoms with van der Waals surface area (Å²) in [4.78, 5) is 4.43. The molecule has 2 unspecified atom stereocenters. The number of piperidine rings is 1. The van der Waals surface area contributed by atoms with Crippen LogP contribution < -0.4 is 5.32 Å². The first-order valence-electron chi connectivity index (χ1n) is 7.17. The van der Waals surface area contributed by atoms with Gasteiger partial charge in [-0.1, -0.05) is 6.92 Å². The summed E-state index contributed by atoms with van der Waals surface area (Å²) in [5.74, 6) is 1.11. The van der Waals surface area contributed by atoms with E-state index >= 15 is 0 Å². The zero-order valence-electron chi connectivity index (χ0n) is 12.3. The molecule has 5 nitrogen and oxygen atoms in total. The van der Waals surface area contributed by atoms with Gasteiger partial charge in [-0.2, -0.15) is 4.31 Å². The van der Waals surface area contributed by atoms with Crippen LogP contribution in [0.15, 0.2) is 23.2 Å². The van der Waals surface area contributed by atoms with Crippen LogP contribution in [0.1, 0.15) is 33.6 Å². The Kier molecular flexibility index (Phi) is 4.65. The number of hydrogen-bond acceptors (Lipinski definition) is 4. The second-order valence-electron chi connectivity index (χ2n) is 5.52. The van der Waals surface area contributed by atoms with Crippen molar-refractivity contribution >= 4 is 15.8 Å². The lowest BCUT2D eigenvalue weighted by molar-refractivity contribution is 0.218. The Bertz CT molecular complexity index is 542. The SMILES string of the molecule is CCNc1ccc(S(=O)(=O)N2CC(C)CCC2C)cn1. The van der Waals surface area contributed by atoms with Gasteiger partial charge in [-0.05, 0) is 44.7 Å². The highest BCUT2D eigenvalue weighted by molar-refractivity contribution is 7.89. The molecule has 1 saturated heterocycles. The van der Waals surface area contributed by atoms with Crippen LogP contribution in [0.4, 0.5) is 5.82 Å². The maximum atomic E-state index is 12.7. The quantitative estimate of drug-likeness (QED) is 0.926. The average molecular weight is 297 g/mol. The van der Waals surface area contributed by atoms with E-state index in [1.165, 1.54) is 6.20 Å². The summed E-state index contributed by atoms with van der Waals surface area (Å²) in [6.45, 7) is 7.41. The van der Waals surface area contributed by atoms with Crippen LogP contribution in [0.25, 0.3) is 0 Å². The number of anilines is 1. The molecule has 1 aromatic rings. The van der Waals surface area contributed by atoms with Gasteiger partial charge >= 0.3 is 0 Å². The van der Waals surface area contributed by atoms with Gasteiger partial charge in [-0.3, -0.25) is 0 Å². The fourth-order valence-electron chi connectivity index (χ4n) is 2.54. The van der Waals surface area contributed by atoms with Crippen LogP contribution in [0.3, 0.4) is 0 Å². The van der Waals surface area contributed by atoms with E-state index in [0.29, 0.717) is 18.3 Å². The van der Waals surface area contributed by atoms with Crippen molar-refractivity contribution in [3.63, 3.8) is 0 Å². The molecule has 6 heteroatoms. The van der Waals surface area contributed by atoms with Crippen LogP contribution >= 0.6 is 0 Å². The first kappa shape index (κ1) is 15.3. The monoisotopic (exact) mass is 297 g/mol. The summed E-state index contributed by atoms with van der Waals surface area (Å²) in [6, 6.07) is 3.41. The molecular formula is C14H23N3O2S. The van der Waals surface area contributed by atoms with E-state index in [1.807, 2.05) is 13.8 Å². The molecule has 2 atom stereocenters. The molecule has 112 valence electrons. The van der Waals surface area contributed by atoms with Crippen molar-refractivity contribution in [1.82, 2.24) is 9.29 Å². The van der Waals surface area contributed by atoms with Gasteiger partial charge < -0.3 is 5.32 Å². The predicted octanol–water partition coefficient (Wildman–Crippen LogP) is 2.32. The molecule has 1 aromatic heterocycles. The Morgan fingerprint density at radius 1 is 1.35 bits per heavy atom. The average Bonchev–Trinajstić information content (AvgIpc) is 2.42. The van der Waals surface area contributed by atoms with E-state index < -0.39 is 10.0 Å². The summed E-state index contributed by atoms with van der Waals surface area (Å²) in [6.07, 6.45) is 3.45. The Labute approximate surface area is 121 Å². The molecule has 1 N–H and O–H groups in total. The van der Waals surface area contributed by atoms with Crippen LogP contribution in [-0.4, -0.2) is 36.8 Å². The van der Waals surface area contributed by atoms with Crippen molar-refractivity contribution in [2.45, 2.75) is 44.6 Å². The summed E-state index contributed by atoms with van der Waals surface area (Å²) in [7, 11) is -3.43. The topological polar surface area (TPSA) is 62.3 Å². The summed E-state index contributed by atoms with van der Waals surface area (Å²) in [5.41, 5.74) is 0. The second-order valence-corrected chi connectivity index (χ2v) is 7.41. The zero-order chi connectivity index (χ0) is 14.8. The van der Waals surface area contributed by atoms with Crippen molar-refractivity contribution < 1.29 is 8.42 Å². The second kappa shape index (κ2) is 6.10. The standard InChI is InChI=1S/C14H23N3O2S/c1-4-15-14-8-7-13(9-16-14)20(18,19)17-10-11(2)5-6-12(17)3/h7-9,11-12H,4-6,10H2,1-3H3,(H,15,16). The summed E-state index contributed by atoms with van der Waals surface area (Å²) < 4.78 is 27.0. The van der Waals surface area contributed by atoms with Crippen molar-refractivity contribution in [2.24, 2.45) is 5.92 Å². The molecule has 0 spiro atoms. The zero-order valence-corrected chi connectivity index (χ0v) is 13.2. The van der Waals surface area contributed by atoms with Gasteiger partial charge in [0.2, 0.25) is 10.0 Å². The van der Waals surface area contributed by atoms with E-state index in [0.717, 1.165) is 19.4 Å². The van der Waals surface area contributed by atoms with Crippen LogP contribution in [-0.2, 0) is 10.0 Å². The van der Waals surface area contributed by atoms with Gasteiger partial charge in [0.1, 0.15) is 10.7 Å². The lowest BCUT2D eigenvalue weighted by Gasteiger charge is -2.35. The third-order valence-corrected chi connectivity index (χ3v) is 5.72. The van der Waals surface area contributed by atoms with Crippen molar-refractivity contribution in [3.05, 3.63) is 18.3 Å². The number of nitrogens with one attached hydrogen (secondary N) is 1. The van der Waals surface area contributed by atoms with Gasteiger partial charge in [0.25, 0.3) is 0 Å². The highest BCUT2D eigenvalue weighted by atomic mass is 32.2. The van der Waals surface area contributed by atoms with E-state index in [2.05, 4.69) is 17.2 Å². The fourth-order valence-corrected chi connectivity index (χ4v) is 4.26. The van der Waals surface area contributed by atoms with Gasteiger partial charge in [0.05, 0.1) is 0 Å². The minimum atomic E-state index is -3.43. The smallest absolute Gasteiger partial charge is 0.244 e. The molecular weight excluding hydrogens is 274 g/mol. The third-order valence-electron chi connectivity index (χ3n) is 3.76. The Morgan fingerprint density at radius 2 is 2.10 bits per heavy atom. The van der Waals surface area contributed by atoms with Crippen LogP contribution in [0.5, 0.6) is 0 Å². The largest absolute Gasteiger partial charge is 0.370 e. The number of nitrogens with zero attached hydrogens (tertiary/aromatic N) is 2.